The lowest BCUT2D eigenvalue weighted by atomic mass is 9.46. The van der Waals surface area contributed by atoms with Gasteiger partial charge in [-0.15, -0.1) is 6.58 Å². The van der Waals surface area contributed by atoms with Crippen LogP contribution >= 0.6 is 0 Å². The van der Waals surface area contributed by atoms with E-state index < -0.39 is 23.1 Å². The maximum absolute atomic E-state index is 12.0. The summed E-state index contributed by atoms with van der Waals surface area (Å²) in [6.07, 6.45) is 4.76. The van der Waals surface area contributed by atoms with Gasteiger partial charge in [0.15, 0.2) is 0 Å². The number of allylic oxidation sites excluding steroid dienone is 1. The highest BCUT2D eigenvalue weighted by Gasteiger charge is 2.59. The lowest BCUT2D eigenvalue weighted by Crippen LogP contribution is -2.56. The van der Waals surface area contributed by atoms with Crippen molar-refractivity contribution in [1.29, 1.82) is 0 Å². The molecule has 2 fully saturated rings. The third-order valence-electron chi connectivity index (χ3n) is 6.81. The first-order chi connectivity index (χ1) is 11.0. The summed E-state index contributed by atoms with van der Waals surface area (Å²) in [6.45, 7) is 13.6. The number of rotatable bonds is 5. The van der Waals surface area contributed by atoms with E-state index in [0.717, 1.165) is 24.8 Å². The number of aliphatic hydroxyl groups excluding tert-OH is 1. The van der Waals surface area contributed by atoms with Gasteiger partial charge in [0.2, 0.25) is 0 Å². The molecule has 0 saturated heterocycles. The van der Waals surface area contributed by atoms with Gasteiger partial charge >= 0.3 is 5.97 Å². The van der Waals surface area contributed by atoms with Crippen LogP contribution in [0.15, 0.2) is 24.8 Å². The fourth-order valence-corrected chi connectivity index (χ4v) is 5.39. The first-order valence-electron chi connectivity index (χ1n) is 8.91. The van der Waals surface area contributed by atoms with E-state index in [9.17, 15) is 20.1 Å². The van der Waals surface area contributed by atoms with E-state index in [1.54, 1.807) is 19.9 Å². The molecular formula is C20H32O4. The van der Waals surface area contributed by atoms with Crippen molar-refractivity contribution in [3.05, 3.63) is 24.8 Å². The van der Waals surface area contributed by atoms with Gasteiger partial charge in [0.25, 0.3) is 0 Å². The van der Waals surface area contributed by atoms with Crippen LogP contribution in [0.4, 0.5) is 0 Å². The third kappa shape index (κ3) is 3.18. The van der Waals surface area contributed by atoms with Crippen LogP contribution in [0.3, 0.4) is 0 Å². The van der Waals surface area contributed by atoms with Crippen LogP contribution in [0.5, 0.6) is 0 Å². The zero-order chi connectivity index (χ0) is 18.3. The van der Waals surface area contributed by atoms with E-state index in [4.69, 9.17) is 0 Å². The molecule has 3 N–H and O–H groups in total. The minimum Gasteiger partial charge on any atom is -0.481 e. The van der Waals surface area contributed by atoms with Crippen molar-refractivity contribution in [2.75, 3.05) is 0 Å². The second kappa shape index (κ2) is 6.30. The summed E-state index contributed by atoms with van der Waals surface area (Å²) in [4.78, 5) is 12.0. The Morgan fingerprint density at radius 3 is 2.58 bits per heavy atom. The van der Waals surface area contributed by atoms with Gasteiger partial charge in [-0.25, -0.2) is 0 Å². The Labute approximate surface area is 145 Å². The predicted molar refractivity (Wildman–Crippen MR) is 94.5 cm³/mol. The molecule has 2 aliphatic carbocycles. The minimum atomic E-state index is -0.938. The Balaban J connectivity index is 2.35. The average molecular weight is 336 g/mol. The Morgan fingerprint density at radius 2 is 2.04 bits per heavy atom. The standard InChI is InChI=1S/C20H32O4/c1-6-18(3,24)10-9-15-13(2)7-8-16-19(15,4)11-14(21)12-20(16,5)17(22)23/h6,14-16,21,24H,1-2,7-12H2,3-5H3,(H,22,23)/t14-,15+,16-,18-,19-,20+/m1/s1. The summed E-state index contributed by atoms with van der Waals surface area (Å²) in [6, 6.07) is 0. The molecule has 4 nitrogen and oxygen atoms in total. The van der Waals surface area contributed by atoms with E-state index in [1.165, 1.54) is 0 Å². The molecule has 0 spiro atoms. The maximum atomic E-state index is 12.0. The number of hydrogen-bond donors (Lipinski definition) is 3. The normalized spacial score (nSPS) is 42.0. The summed E-state index contributed by atoms with van der Waals surface area (Å²) in [7, 11) is 0. The van der Waals surface area contributed by atoms with Crippen LogP contribution < -0.4 is 0 Å². The van der Waals surface area contributed by atoms with E-state index in [1.807, 2.05) is 0 Å². The van der Waals surface area contributed by atoms with Crippen molar-refractivity contribution in [2.24, 2.45) is 22.7 Å². The van der Waals surface area contributed by atoms with E-state index >= 15 is 0 Å². The number of carboxylic acids is 1. The highest BCUT2D eigenvalue weighted by molar-refractivity contribution is 5.75. The van der Waals surface area contributed by atoms with Crippen LogP contribution in [0, 0.1) is 22.7 Å². The monoisotopic (exact) mass is 336 g/mol. The van der Waals surface area contributed by atoms with Gasteiger partial charge in [0, 0.05) is 0 Å². The Hall–Kier alpha value is -1.13. The number of aliphatic hydroxyl groups is 2. The largest absolute Gasteiger partial charge is 0.481 e. The van der Waals surface area contributed by atoms with E-state index in [2.05, 4.69) is 20.1 Å². The molecule has 0 amide bonds. The Bertz CT molecular complexity index is 538. The molecule has 0 aliphatic heterocycles. The summed E-state index contributed by atoms with van der Waals surface area (Å²) < 4.78 is 0. The van der Waals surface area contributed by atoms with Crippen LogP contribution in [-0.4, -0.2) is 33.0 Å². The molecule has 4 heteroatoms. The topological polar surface area (TPSA) is 77.8 Å². The quantitative estimate of drug-likeness (QED) is 0.671. The lowest BCUT2D eigenvalue weighted by molar-refractivity contribution is -0.173. The number of aliphatic carboxylic acids is 1. The van der Waals surface area contributed by atoms with Crippen molar-refractivity contribution in [1.82, 2.24) is 0 Å². The molecule has 136 valence electrons. The summed E-state index contributed by atoms with van der Waals surface area (Å²) in [5, 5.41) is 30.5. The molecule has 6 atom stereocenters. The van der Waals surface area contributed by atoms with Crippen LogP contribution in [0.2, 0.25) is 0 Å². The Kier molecular flexibility index (Phi) is 5.04. The summed E-state index contributed by atoms with van der Waals surface area (Å²) in [5.74, 6) is -0.701. The first kappa shape index (κ1) is 19.2. The molecule has 0 heterocycles. The van der Waals surface area contributed by atoms with Crippen molar-refractivity contribution in [3.8, 4) is 0 Å². The van der Waals surface area contributed by atoms with Crippen molar-refractivity contribution in [3.63, 3.8) is 0 Å². The molecule has 0 bridgehead atoms. The fraction of sp³-hybridized carbons (Fsp3) is 0.750. The van der Waals surface area contributed by atoms with Crippen LogP contribution in [-0.2, 0) is 4.79 Å². The van der Waals surface area contributed by atoms with Crippen molar-refractivity contribution >= 4 is 5.97 Å². The van der Waals surface area contributed by atoms with Gasteiger partial charge in [0.05, 0.1) is 17.1 Å². The maximum Gasteiger partial charge on any atom is 0.309 e. The highest BCUT2D eigenvalue weighted by Crippen LogP contribution is 2.62. The zero-order valence-electron chi connectivity index (χ0n) is 15.2. The van der Waals surface area contributed by atoms with Gasteiger partial charge in [-0.3, -0.25) is 4.79 Å². The fourth-order valence-electron chi connectivity index (χ4n) is 5.39. The summed E-state index contributed by atoms with van der Waals surface area (Å²) in [5.41, 5.74) is -1.04. The highest BCUT2D eigenvalue weighted by atomic mass is 16.4. The number of hydrogen-bond acceptors (Lipinski definition) is 3. The molecule has 24 heavy (non-hydrogen) atoms. The SMILES string of the molecule is C=C[C@@](C)(O)CC[C@H]1C(=C)CC[C@@H]2[C@]1(C)C[C@@H](O)C[C@]2(C)C(=O)O. The number of fused-ring (bicyclic) bond motifs is 1. The second-order valence-electron chi connectivity index (χ2n) is 8.69. The van der Waals surface area contributed by atoms with E-state index in [0.29, 0.717) is 19.3 Å². The van der Waals surface area contributed by atoms with Gasteiger partial charge in [-0.1, -0.05) is 25.2 Å². The lowest BCUT2D eigenvalue weighted by Gasteiger charge is -2.58. The van der Waals surface area contributed by atoms with Gasteiger partial charge in [-0.05, 0) is 69.6 Å². The van der Waals surface area contributed by atoms with Gasteiger partial charge < -0.3 is 15.3 Å². The molecule has 0 radical (unpaired) electrons. The molecule has 2 aliphatic rings. The molecule has 0 unspecified atom stereocenters. The van der Waals surface area contributed by atoms with Crippen molar-refractivity contribution < 1.29 is 20.1 Å². The number of carbonyl (C=O) groups is 1. The first-order valence-corrected chi connectivity index (χ1v) is 8.91. The van der Waals surface area contributed by atoms with Gasteiger partial charge in [-0.2, -0.15) is 0 Å². The molecule has 0 aromatic rings. The average Bonchev–Trinajstić information content (AvgIpc) is 2.45. The number of carboxylic acid groups (broad SMARTS) is 1. The molecule has 2 saturated carbocycles. The summed E-state index contributed by atoms with van der Waals surface area (Å²) >= 11 is 0. The Morgan fingerprint density at radius 1 is 1.42 bits per heavy atom. The molecule has 0 aromatic carbocycles. The van der Waals surface area contributed by atoms with Crippen LogP contribution in [0.25, 0.3) is 0 Å². The van der Waals surface area contributed by atoms with Crippen LogP contribution in [0.1, 0.15) is 59.3 Å². The smallest absolute Gasteiger partial charge is 0.309 e. The second-order valence-corrected chi connectivity index (χ2v) is 8.69. The molecule has 2 rings (SSSR count). The van der Waals surface area contributed by atoms with E-state index in [-0.39, 0.29) is 17.3 Å². The van der Waals surface area contributed by atoms with Gasteiger partial charge in [0.1, 0.15) is 0 Å². The molecule has 0 aromatic heterocycles. The van der Waals surface area contributed by atoms with Crippen molar-refractivity contribution in [2.45, 2.75) is 71.0 Å². The molecular weight excluding hydrogens is 304 g/mol. The predicted octanol–water partition coefficient (Wildman–Crippen LogP) is 3.54. The zero-order valence-corrected chi connectivity index (χ0v) is 15.2. The third-order valence-corrected chi connectivity index (χ3v) is 6.81. The minimum absolute atomic E-state index is 0.00933.